The van der Waals surface area contributed by atoms with E-state index in [-0.39, 0.29) is 5.91 Å². The first-order valence-corrected chi connectivity index (χ1v) is 13.6. The highest BCUT2D eigenvalue weighted by atomic mass is 32.1. The smallest absolute Gasteiger partial charge is 0.236 e. The molecule has 1 aliphatic heterocycles. The highest BCUT2D eigenvalue weighted by molar-refractivity contribution is 7.21. The molecule has 0 aliphatic carbocycles. The first-order chi connectivity index (χ1) is 18.3. The lowest BCUT2D eigenvalue weighted by Crippen LogP contribution is -2.48. The molecule has 0 bridgehead atoms. The second kappa shape index (κ2) is 11.4. The summed E-state index contributed by atoms with van der Waals surface area (Å²) < 4.78 is 0. The van der Waals surface area contributed by atoms with Gasteiger partial charge in [-0.05, 0) is 48.9 Å². The summed E-state index contributed by atoms with van der Waals surface area (Å²) in [7, 11) is 5.64. The molecule has 4 heterocycles. The number of benzene rings is 1. The maximum atomic E-state index is 12.0. The molecular weight excluding hydrogens is 496 g/mol. The SMILES string of the molecule is Cc1ccc(N(C)c2ccc3nc(Nc4cc(CN5CCN(CC(=O)N(C)C)CC5)ccn4)sc3n2)cc1. The van der Waals surface area contributed by atoms with Crippen molar-refractivity contribution in [3.8, 4) is 0 Å². The number of aromatic nitrogens is 3. The van der Waals surface area contributed by atoms with Crippen LogP contribution in [-0.4, -0.2) is 89.4 Å². The van der Waals surface area contributed by atoms with Crippen LogP contribution in [-0.2, 0) is 11.3 Å². The summed E-state index contributed by atoms with van der Waals surface area (Å²) in [6.07, 6.45) is 1.84. The van der Waals surface area contributed by atoms with E-state index < -0.39 is 0 Å². The predicted octanol–water partition coefficient (Wildman–Crippen LogP) is 4.11. The molecule has 0 atom stereocenters. The third-order valence-electron chi connectivity index (χ3n) is 6.79. The average molecular weight is 531 g/mol. The number of nitrogens with one attached hydrogen (secondary N) is 1. The zero-order chi connectivity index (χ0) is 26.6. The van der Waals surface area contributed by atoms with E-state index in [9.17, 15) is 4.79 Å². The number of thiazole rings is 1. The zero-order valence-corrected chi connectivity index (χ0v) is 23.2. The number of fused-ring (bicyclic) bond motifs is 1. The van der Waals surface area contributed by atoms with Gasteiger partial charge in [-0.15, -0.1) is 0 Å². The number of piperazine rings is 1. The molecule has 0 saturated carbocycles. The Morgan fingerprint density at radius 1 is 0.974 bits per heavy atom. The predicted molar refractivity (Wildman–Crippen MR) is 155 cm³/mol. The summed E-state index contributed by atoms with van der Waals surface area (Å²) in [5.74, 6) is 1.81. The highest BCUT2D eigenvalue weighted by Gasteiger charge is 2.20. The second-order valence-electron chi connectivity index (χ2n) is 9.92. The van der Waals surface area contributed by atoms with E-state index in [4.69, 9.17) is 9.97 Å². The van der Waals surface area contributed by atoms with E-state index in [0.717, 1.165) is 65.5 Å². The standard InChI is InChI=1S/C28H34N8OS/c1-20-5-7-22(8-6-20)34(4)25-10-9-23-27(32-25)38-28(30-23)31-24-17-21(11-12-29-24)18-35-13-15-36(16-14-35)19-26(37)33(2)3/h5-12,17H,13-16,18-19H2,1-4H3,(H,29,30,31). The molecular formula is C28H34N8OS. The largest absolute Gasteiger partial charge is 0.348 e. The van der Waals surface area contributed by atoms with Gasteiger partial charge >= 0.3 is 0 Å². The Kier molecular flexibility index (Phi) is 7.82. The molecule has 0 spiro atoms. The first-order valence-electron chi connectivity index (χ1n) is 12.8. The number of hydrogen-bond donors (Lipinski definition) is 1. The second-order valence-corrected chi connectivity index (χ2v) is 10.9. The van der Waals surface area contributed by atoms with E-state index in [1.165, 1.54) is 22.5 Å². The maximum absolute atomic E-state index is 12.0. The molecule has 1 fully saturated rings. The average Bonchev–Trinajstić information content (AvgIpc) is 3.31. The van der Waals surface area contributed by atoms with Crippen molar-refractivity contribution in [2.75, 3.05) is 64.1 Å². The van der Waals surface area contributed by atoms with Gasteiger partial charge in [0.25, 0.3) is 0 Å². The van der Waals surface area contributed by atoms with Crippen LogP contribution >= 0.6 is 11.3 Å². The fourth-order valence-corrected chi connectivity index (χ4v) is 5.24. The number of anilines is 4. The van der Waals surface area contributed by atoms with Gasteiger partial charge < -0.3 is 15.1 Å². The Bertz CT molecular complexity index is 1400. The molecule has 1 saturated heterocycles. The number of aryl methyl sites for hydroxylation is 1. The molecule has 9 nitrogen and oxygen atoms in total. The first kappa shape index (κ1) is 26.0. The van der Waals surface area contributed by atoms with Crippen molar-refractivity contribution in [3.63, 3.8) is 0 Å². The van der Waals surface area contributed by atoms with E-state index >= 15 is 0 Å². The fraction of sp³-hybridized carbons (Fsp3) is 0.357. The molecule has 3 aromatic heterocycles. The van der Waals surface area contributed by atoms with Crippen LogP contribution in [0.1, 0.15) is 11.1 Å². The molecule has 38 heavy (non-hydrogen) atoms. The molecule has 4 aromatic rings. The van der Waals surface area contributed by atoms with Crippen molar-refractivity contribution in [2.24, 2.45) is 0 Å². The van der Waals surface area contributed by atoms with Gasteiger partial charge in [-0.3, -0.25) is 14.6 Å². The van der Waals surface area contributed by atoms with Gasteiger partial charge in [-0.25, -0.2) is 15.0 Å². The lowest BCUT2D eigenvalue weighted by Gasteiger charge is -2.34. The minimum absolute atomic E-state index is 0.155. The Morgan fingerprint density at radius 3 is 2.45 bits per heavy atom. The number of carbonyl (C=O) groups is 1. The van der Waals surface area contributed by atoms with Crippen LogP contribution in [0.15, 0.2) is 54.7 Å². The van der Waals surface area contributed by atoms with E-state index in [1.54, 1.807) is 19.0 Å². The molecule has 1 aromatic carbocycles. The third kappa shape index (κ3) is 6.27. The van der Waals surface area contributed by atoms with E-state index in [1.807, 2.05) is 25.4 Å². The van der Waals surface area contributed by atoms with Crippen molar-refractivity contribution in [2.45, 2.75) is 13.5 Å². The van der Waals surface area contributed by atoms with Crippen molar-refractivity contribution in [3.05, 3.63) is 65.9 Å². The van der Waals surface area contributed by atoms with Crippen molar-refractivity contribution >= 4 is 50.0 Å². The van der Waals surface area contributed by atoms with Gasteiger partial charge in [-0.1, -0.05) is 29.0 Å². The van der Waals surface area contributed by atoms with Gasteiger partial charge in [-0.2, -0.15) is 0 Å². The van der Waals surface area contributed by atoms with Crippen LogP contribution in [0.25, 0.3) is 10.3 Å². The highest BCUT2D eigenvalue weighted by Crippen LogP contribution is 2.30. The Hall–Kier alpha value is -3.60. The molecule has 0 radical (unpaired) electrons. The monoisotopic (exact) mass is 530 g/mol. The van der Waals surface area contributed by atoms with Crippen LogP contribution in [0, 0.1) is 6.92 Å². The summed E-state index contributed by atoms with van der Waals surface area (Å²) in [5.41, 5.74) is 4.38. The third-order valence-corrected chi connectivity index (χ3v) is 7.67. The summed E-state index contributed by atoms with van der Waals surface area (Å²) >= 11 is 1.52. The van der Waals surface area contributed by atoms with Crippen LogP contribution < -0.4 is 10.2 Å². The van der Waals surface area contributed by atoms with Gasteiger partial charge in [0.15, 0.2) is 5.13 Å². The van der Waals surface area contributed by atoms with Crippen LogP contribution in [0.3, 0.4) is 0 Å². The van der Waals surface area contributed by atoms with Gasteiger partial charge in [0, 0.05) is 65.8 Å². The zero-order valence-electron chi connectivity index (χ0n) is 22.4. The lowest BCUT2D eigenvalue weighted by atomic mass is 10.2. The van der Waals surface area contributed by atoms with Crippen molar-refractivity contribution in [1.29, 1.82) is 0 Å². The Balaban J connectivity index is 1.21. The van der Waals surface area contributed by atoms with Crippen LogP contribution in [0.2, 0.25) is 0 Å². The molecule has 0 unspecified atom stereocenters. The number of pyridine rings is 2. The number of rotatable bonds is 8. The number of likely N-dealkylation sites (N-methyl/N-ethyl adjacent to an activating group) is 1. The van der Waals surface area contributed by atoms with Gasteiger partial charge in [0.1, 0.15) is 22.0 Å². The minimum Gasteiger partial charge on any atom is -0.348 e. The summed E-state index contributed by atoms with van der Waals surface area (Å²) in [6, 6.07) is 16.6. The van der Waals surface area contributed by atoms with E-state index in [0.29, 0.717) is 6.54 Å². The van der Waals surface area contributed by atoms with Crippen LogP contribution in [0.4, 0.5) is 22.5 Å². The van der Waals surface area contributed by atoms with Gasteiger partial charge in [0.2, 0.25) is 5.91 Å². The summed E-state index contributed by atoms with van der Waals surface area (Å²) in [6.45, 7) is 7.10. The summed E-state index contributed by atoms with van der Waals surface area (Å²) in [5, 5.41) is 4.14. The Morgan fingerprint density at radius 2 is 1.71 bits per heavy atom. The van der Waals surface area contributed by atoms with Crippen LogP contribution in [0.5, 0.6) is 0 Å². The van der Waals surface area contributed by atoms with Crippen molar-refractivity contribution < 1.29 is 4.79 Å². The topological polar surface area (TPSA) is 80.7 Å². The molecule has 198 valence electrons. The lowest BCUT2D eigenvalue weighted by molar-refractivity contribution is -0.130. The molecule has 1 N–H and O–H groups in total. The number of hydrogen-bond acceptors (Lipinski definition) is 9. The number of nitrogens with zero attached hydrogens (tertiary/aromatic N) is 7. The minimum atomic E-state index is 0.155. The van der Waals surface area contributed by atoms with Crippen molar-refractivity contribution in [1.82, 2.24) is 29.7 Å². The Labute approximate surface area is 227 Å². The quantitative estimate of drug-likeness (QED) is 0.365. The number of amides is 1. The van der Waals surface area contributed by atoms with E-state index in [2.05, 4.69) is 68.3 Å². The van der Waals surface area contributed by atoms with Gasteiger partial charge in [0.05, 0.1) is 6.54 Å². The molecule has 10 heteroatoms. The molecule has 1 amide bonds. The fourth-order valence-electron chi connectivity index (χ4n) is 4.40. The molecule has 5 rings (SSSR count). The summed E-state index contributed by atoms with van der Waals surface area (Å²) in [4.78, 5) is 35.3. The normalized spacial score (nSPS) is 14.5. The maximum Gasteiger partial charge on any atom is 0.236 e. The molecule has 1 aliphatic rings. The number of carbonyl (C=O) groups excluding carboxylic acids is 1.